The number of rotatable bonds is 2. The molecule has 0 saturated carbocycles. The molecule has 0 aliphatic carbocycles. The standard InChI is InChI=1S/C7H15N3O.2C2HF3O2/c8-7(11)6-10-4-1-2-9-3-5-10;2*3-2(4,5)1(6)7/h9H,1-6H2,(H2,8,11);2*(H,6,7). The molecule has 0 aromatic heterocycles. The average molecular weight is 385 g/mol. The fraction of sp³-hybridized carbons (Fsp3) is 0.727. The number of nitrogens with one attached hydrogen (secondary N) is 1. The molecule has 1 aliphatic heterocycles. The molecule has 0 bridgehead atoms. The number of nitrogens with zero attached hydrogens (tertiary/aromatic N) is 1. The van der Waals surface area contributed by atoms with Crippen LogP contribution in [0, 0.1) is 0 Å². The number of halogens is 6. The summed E-state index contributed by atoms with van der Waals surface area (Å²) in [6.07, 6.45) is -9.06. The van der Waals surface area contributed by atoms with Crippen molar-refractivity contribution >= 4 is 17.8 Å². The predicted molar refractivity (Wildman–Crippen MR) is 70.5 cm³/mol. The van der Waals surface area contributed by atoms with E-state index in [-0.39, 0.29) is 5.91 Å². The van der Waals surface area contributed by atoms with Gasteiger partial charge in [-0.25, -0.2) is 9.59 Å². The Hall–Kier alpha value is -2.09. The molecule has 14 heteroatoms. The Kier molecular flexibility index (Phi) is 11.5. The van der Waals surface area contributed by atoms with Crippen molar-refractivity contribution in [1.82, 2.24) is 10.2 Å². The minimum Gasteiger partial charge on any atom is -0.475 e. The lowest BCUT2D eigenvalue weighted by atomic mass is 10.4. The van der Waals surface area contributed by atoms with Gasteiger partial charge in [0.25, 0.3) is 0 Å². The quantitative estimate of drug-likeness (QED) is 0.493. The van der Waals surface area contributed by atoms with Crippen LogP contribution < -0.4 is 11.1 Å². The maximum absolute atomic E-state index is 10.6. The number of carboxylic acids is 2. The minimum atomic E-state index is -5.08. The Labute approximate surface area is 137 Å². The summed E-state index contributed by atoms with van der Waals surface area (Å²) >= 11 is 0. The lowest BCUT2D eigenvalue weighted by molar-refractivity contribution is -0.193. The molecule has 0 spiro atoms. The monoisotopic (exact) mass is 385 g/mol. The molecule has 1 heterocycles. The molecule has 5 N–H and O–H groups in total. The zero-order valence-corrected chi connectivity index (χ0v) is 12.7. The average Bonchev–Trinajstić information content (AvgIpc) is 2.65. The van der Waals surface area contributed by atoms with E-state index < -0.39 is 24.3 Å². The first-order chi connectivity index (χ1) is 11.2. The zero-order valence-electron chi connectivity index (χ0n) is 12.7. The van der Waals surface area contributed by atoms with Crippen LogP contribution >= 0.6 is 0 Å². The molecule has 1 amide bonds. The van der Waals surface area contributed by atoms with E-state index in [4.69, 9.17) is 25.5 Å². The number of hydrogen-bond acceptors (Lipinski definition) is 5. The van der Waals surface area contributed by atoms with E-state index in [1.807, 2.05) is 0 Å². The Morgan fingerprint density at radius 2 is 1.32 bits per heavy atom. The Morgan fingerprint density at radius 3 is 1.64 bits per heavy atom. The van der Waals surface area contributed by atoms with Crippen LogP contribution in [0.4, 0.5) is 26.3 Å². The number of alkyl halides is 6. The normalized spacial score (nSPS) is 15.6. The summed E-state index contributed by atoms with van der Waals surface area (Å²) in [5, 5.41) is 17.5. The van der Waals surface area contributed by atoms with Gasteiger partial charge in [0.1, 0.15) is 0 Å². The van der Waals surface area contributed by atoms with Gasteiger partial charge in [-0.3, -0.25) is 9.69 Å². The number of nitrogens with two attached hydrogens (primary N) is 1. The number of hydrogen-bond donors (Lipinski definition) is 4. The first-order valence-electron chi connectivity index (χ1n) is 6.49. The highest BCUT2D eigenvalue weighted by atomic mass is 19.4. The molecular formula is C11H17F6N3O5. The van der Waals surface area contributed by atoms with Crippen LogP contribution in [0.2, 0.25) is 0 Å². The Balaban J connectivity index is 0. The fourth-order valence-electron chi connectivity index (χ4n) is 1.28. The second-order valence-electron chi connectivity index (χ2n) is 4.45. The van der Waals surface area contributed by atoms with Gasteiger partial charge in [0.2, 0.25) is 5.91 Å². The van der Waals surface area contributed by atoms with Crippen molar-refractivity contribution in [2.45, 2.75) is 18.8 Å². The van der Waals surface area contributed by atoms with Crippen molar-refractivity contribution in [3.05, 3.63) is 0 Å². The van der Waals surface area contributed by atoms with Crippen LogP contribution in [-0.4, -0.2) is 78.0 Å². The fourth-order valence-corrected chi connectivity index (χ4v) is 1.28. The Bertz CT molecular complexity index is 409. The van der Waals surface area contributed by atoms with E-state index in [0.717, 1.165) is 32.6 Å². The van der Waals surface area contributed by atoms with Crippen LogP contribution in [0.5, 0.6) is 0 Å². The molecule has 1 fully saturated rings. The number of carboxylic acid groups (broad SMARTS) is 2. The van der Waals surface area contributed by atoms with Crippen molar-refractivity contribution < 1.29 is 50.9 Å². The third-order valence-electron chi connectivity index (χ3n) is 2.30. The van der Waals surface area contributed by atoms with E-state index in [1.54, 1.807) is 0 Å². The zero-order chi connectivity index (χ0) is 20.3. The predicted octanol–water partition coefficient (Wildman–Crippen LogP) is 0.0336. The van der Waals surface area contributed by atoms with Crippen LogP contribution in [0.15, 0.2) is 0 Å². The molecule has 0 atom stereocenters. The Morgan fingerprint density at radius 1 is 0.920 bits per heavy atom. The lowest BCUT2D eigenvalue weighted by Crippen LogP contribution is -2.36. The summed E-state index contributed by atoms with van der Waals surface area (Å²) in [5.74, 6) is -5.74. The van der Waals surface area contributed by atoms with Crippen LogP contribution in [-0.2, 0) is 14.4 Å². The first kappa shape index (κ1) is 25.2. The number of amides is 1. The molecular weight excluding hydrogens is 368 g/mol. The van der Waals surface area contributed by atoms with Crippen molar-refractivity contribution in [2.75, 3.05) is 32.7 Å². The molecule has 148 valence electrons. The van der Waals surface area contributed by atoms with E-state index in [2.05, 4.69) is 10.2 Å². The van der Waals surface area contributed by atoms with Crippen LogP contribution in [0.25, 0.3) is 0 Å². The topological polar surface area (TPSA) is 133 Å². The highest BCUT2D eigenvalue weighted by molar-refractivity contribution is 5.75. The smallest absolute Gasteiger partial charge is 0.475 e. The van der Waals surface area contributed by atoms with Crippen molar-refractivity contribution in [3.63, 3.8) is 0 Å². The second-order valence-corrected chi connectivity index (χ2v) is 4.45. The summed E-state index contributed by atoms with van der Waals surface area (Å²) in [7, 11) is 0. The van der Waals surface area contributed by atoms with Gasteiger partial charge in [-0.15, -0.1) is 0 Å². The highest BCUT2D eigenvalue weighted by Gasteiger charge is 2.38. The molecule has 0 aromatic carbocycles. The molecule has 0 aromatic rings. The van der Waals surface area contributed by atoms with Gasteiger partial charge in [0, 0.05) is 13.1 Å². The number of aliphatic carboxylic acids is 2. The van der Waals surface area contributed by atoms with Gasteiger partial charge in [0.05, 0.1) is 6.54 Å². The van der Waals surface area contributed by atoms with E-state index in [9.17, 15) is 31.1 Å². The van der Waals surface area contributed by atoms with Gasteiger partial charge in [-0.1, -0.05) is 0 Å². The summed E-state index contributed by atoms with van der Waals surface area (Å²) in [5.41, 5.74) is 5.07. The van der Waals surface area contributed by atoms with Crippen LogP contribution in [0.3, 0.4) is 0 Å². The number of carbonyl (C=O) groups excluding carboxylic acids is 1. The van der Waals surface area contributed by atoms with Gasteiger partial charge in [0.15, 0.2) is 0 Å². The van der Waals surface area contributed by atoms with Gasteiger partial charge < -0.3 is 21.3 Å². The highest BCUT2D eigenvalue weighted by Crippen LogP contribution is 2.13. The van der Waals surface area contributed by atoms with E-state index >= 15 is 0 Å². The number of primary amides is 1. The largest absolute Gasteiger partial charge is 0.490 e. The maximum atomic E-state index is 10.6. The maximum Gasteiger partial charge on any atom is 0.490 e. The van der Waals surface area contributed by atoms with Gasteiger partial charge >= 0.3 is 24.3 Å². The van der Waals surface area contributed by atoms with E-state index in [0.29, 0.717) is 6.54 Å². The van der Waals surface area contributed by atoms with Crippen LogP contribution in [0.1, 0.15) is 6.42 Å². The van der Waals surface area contributed by atoms with Crippen molar-refractivity contribution in [3.8, 4) is 0 Å². The lowest BCUT2D eigenvalue weighted by Gasteiger charge is -2.16. The third kappa shape index (κ3) is 16.5. The van der Waals surface area contributed by atoms with Crippen molar-refractivity contribution in [1.29, 1.82) is 0 Å². The summed E-state index contributed by atoms with van der Waals surface area (Å²) < 4.78 is 63.5. The molecule has 25 heavy (non-hydrogen) atoms. The molecule has 1 saturated heterocycles. The number of carbonyl (C=O) groups is 3. The van der Waals surface area contributed by atoms with Gasteiger partial charge in [-0.05, 0) is 19.5 Å². The molecule has 8 nitrogen and oxygen atoms in total. The summed E-state index contributed by atoms with van der Waals surface area (Å²) in [6.45, 7) is 4.34. The van der Waals surface area contributed by atoms with E-state index in [1.165, 1.54) is 0 Å². The van der Waals surface area contributed by atoms with Gasteiger partial charge in [-0.2, -0.15) is 26.3 Å². The molecule has 1 rings (SSSR count). The van der Waals surface area contributed by atoms with Crippen molar-refractivity contribution in [2.24, 2.45) is 5.73 Å². The third-order valence-corrected chi connectivity index (χ3v) is 2.30. The molecule has 0 unspecified atom stereocenters. The molecule has 1 aliphatic rings. The SMILES string of the molecule is NC(=O)CN1CCCNCC1.O=C(O)C(F)(F)F.O=C(O)C(F)(F)F. The second kappa shape index (κ2) is 11.5. The summed E-state index contributed by atoms with van der Waals surface area (Å²) in [6, 6.07) is 0. The first-order valence-corrected chi connectivity index (χ1v) is 6.49. The minimum absolute atomic E-state index is 0.230. The molecule has 0 radical (unpaired) electrons. The summed E-state index contributed by atoms with van der Waals surface area (Å²) in [4.78, 5) is 30.4.